The molecule has 10 nitrogen and oxygen atoms in total. The van der Waals surface area contributed by atoms with Gasteiger partial charge in [-0.25, -0.2) is 9.78 Å². The number of fused-ring (bicyclic) bond motifs is 1. The topological polar surface area (TPSA) is 136 Å². The van der Waals surface area contributed by atoms with E-state index in [1.54, 1.807) is 6.07 Å². The number of ether oxygens (including phenoxy) is 1. The third-order valence-electron chi connectivity index (χ3n) is 4.48. The molecule has 4 rings (SSSR count). The molecule has 0 radical (unpaired) electrons. The van der Waals surface area contributed by atoms with Gasteiger partial charge in [-0.05, 0) is 13.0 Å². The van der Waals surface area contributed by atoms with E-state index in [4.69, 9.17) is 4.74 Å². The maximum Gasteiger partial charge on any atom is 0.337 e. The third-order valence-corrected chi connectivity index (χ3v) is 6.17. The Balaban J connectivity index is 1.78. The van der Waals surface area contributed by atoms with Crippen LogP contribution in [0.25, 0.3) is 21.6 Å². The molecule has 4 aromatic rings. The first-order chi connectivity index (χ1) is 15.4. The number of carboxylic acids is 1. The van der Waals surface area contributed by atoms with Crippen LogP contribution in [0.5, 0.6) is 0 Å². The predicted octanol–water partition coefficient (Wildman–Crippen LogP) is 2.77. The molecule has 0 unspecified atom stereocenters. The van der Waals surface area contributed by atoms with Gasteiger partial charge in [0.2, 0.25) is 11.0 Å². The molecule has 3 aromatic heterocycles. The molecule has 0 bridgehead atoms. The number of benzene rings is 1. The van der Waals surface area contributed by atoms with Gasteiger partial charge in [0.25, 0.3) is 5.56 Å². The summed E-state index contributed by atoms with van der Waals surface area (Å²) in [6.45, 7) is 1.79. The molecule has 3 heterocycles. The number of carboxylic acid groups (broad SMARTS) is 1. The minimum absolute atomic E-state index is 0.0231. The first-order valence-corrected chi connectivity index (χ1v) is 11.0. The van der Waals surface area contributed by atoms with E-state index >= 15 is 0 Å². The van der Waals surface area contributed by atoms with Crippen LogP contribution in [-0.2, 0) is 22.7 Å². The summed E-state index contributed by atoms with van der Waals surface area (Å²) < 4.78 is 6.17. The molecular formula is C20H17N5O5S2. The summed E-state index contributed by atoms with van der Waals surface area (Å²) in [5.41, 5.74) is 0.851. The second-order valence-corrected chi connectivity index (χ2v) is 8.73. The molecule has 164 valence electrons. The van der Waals surface area contributed by atoms with Crippen LogP contribution in [-0.4, -0.2) is 43.8 Å². The highest BCUT2D eigenvalue weighted by Gasteiger charge is 2.22. The fourth-order valence-electron chi connectivity index (χ4n) is 3.12. The van der Waals surface area contributed by atoms with E-state index in [2.05, 4.69) is 20.5 Å². The van der Waals surface area contributed by atoms with E-state index in [0.717, 1.165) is 28.2 Å². The van der Waals surface area contributed by atoms with Crippen molar-refractivity contribution < 1.29 is 19.4 Å². The van der Waals surface area contributed by atoms with Gasteiger partial charge in [0.15, 0.2) is 0 Å². The van der Waals surface area contributed by atoms with Gasteiger partial charge in [-0.15, -0.1) is 21.5 Å². The van der Waals surface area contributed by atoms with Crippen molar-refractivity contribution in [2.75, 3.05) is 12.4 Å². The standard InChI is InChI=1S/C20H17N5O5S2/c1-10-4-3-5-11(6-10)16-22-17-15(12(9-31-17)19(28)29)18(27)25(16)7-13(26)21-20-24-23-14(32-20)8-30-2/h3-6,9H,7-8H2,1-2H3,(H,28,29)(H,21,24,26). The Kier molecular flexibility index (Phi) is 6.08. The van der Waals surface area contributed by atoms with Gasteiger partial charge in [0.05, 0.1) is 10.9 Å². The van der Waals surface area contributed by atoms with Gasteiger partial charge >= 0.3 is 5.97 Å². The number of nitrogens with zero attached hydrogens (tertiary/aromatic N) is 4. The molecule has 1 aromatic carbocycles. The van der Waals surface area contributed by atoms with Gasteiger partial charge in [-0.1, -0.05) is 35.1 Å². The minimum atomic E-state index is -1.23. The molecular weight excluding hydrogens is 454 g/mol. The van der Waals surface area contributed by atoms with E-state index in [-0.39, 0.29) is 35.1 Å². The first kappa shape index (κ1) is 21.7. The van der Waals surface area contributed by atoms with Gasteiger partial charge in [-0.3, -0.25) is 19.5 Å². The van der Waals surface area contributed by atoms with Gasteiger partial charge < -0.3 is 9.84 Å². The number of hydrogen-bond acceptors (Lipinski definition) is 9. The molecule has 12 heteroatoms. The molecule has 0 saturated heterocycles. The molecule has 32 heavy (non-hydrogen) atoms. The number of hydrogen-bond donors (Lipinski definition) is 2. The van der Waals surface area contributed by atoms with E-state index in [1.807, 2.05) is 25.1 Å². The summed E-state index contributed by atoms with van der Waals surface area (Å²) in [4.78, 5) is 42.5. The molecule has 2 N–H and O–H groups in total. The second-order valence-electron chi connectivity index (χ2n) is 6.81. The summed E-state index contributed by atoms with van der Waals surface area (Å²) in [5.74, 6) is -1.47. The smallest absolute Gasteiger partial charge is 0.337 e. The highest BCUT2D eigenvalue weighted by atomic mass is 32.1. The fourth-order valence-corrected chi connectivity index (χ4v) is 4.75. The molecule has 0 fully saturated rings. The number of aryl methyl sites for hydroxylation is 1. The van der Waals surface area contributed by atoms with Crippen molar-refractivity contribution in [1.82, 2.24) is 19.7 Å². The van der Waals surface area contributed by atoms with Crippen molar-refractivity contribution >= 4 is 49.9 Å². The van der Waals surface area contributed by atoms with Crippen LogP contribution in [0.15, 0.2) is 34.4 Å². The summed E-state index contributed by atoms with van der Waals surface area (Å²) >= 11 is 2.23. The molecule has 0 aliphatic heterocycles. The van der Waals surface area contributed by atoms with E-state index < -0.39 is 17.4 Å². The average molecular weight is 472 g/mol. The van der Waals surface area contributed by atoms with Crippen LogP contribution < -0.4 is 10.9 Å². The van der Waals surface area contributed by atoms with Crippen molar-refractivity contribution in [2.24, 2.45) is 0 Å². The molecule has 0 aliphatic carbocycles. The number of rotatable bonds is 7. The van der Waals surface area contributed by atoms with Crippen LogP contribution in [0.2, 0.25) is 0 Å². The van der Waals surface area contributed by atoms with Crippen molar-refractivity contribution in [3.8, 4) is 11.4 Å². The van der Waals surface area contributed by atoms with Crippen molar-refractivity contribution in [3.63, 3.8) is 0 Å². The predicted molar refractivity (Wildman–Crippen MR) is 120 cm³/mol. The average Bonchev–Trinajstić information content (AvgIpc) is 3.37. The lowest BCUT2D eigenvalue weighted by atomic mass is 10.1. The molecule has 0 saturated carbocycles. The van der Waals surface area contributed by atoms with Crippen molar-refractivity contribution in [1.29, 1.82) is 0 Å². The summed E-state index contributed by atoms with van der Waals surface area (Å²) in [6, 6.07) is 7.34. The number of carbonyl (C=O) groups excluding carboxylic acids is 1. The van der Waals surface area contributed by atoms with Crippen LogP contribution >= 0.6 is 22.7 Å². The SMILES string of the molecule is COCc1nnc(NC(=O)Cn2c(-c3cccc(C)c3)nc3scc(C(=O)O)c3c2=O)s1. The number of anilines is 1. The summed E-state index contributed by atoms with van der Waals surface area (Å²) in [5, 5.41) is 22.1. The number of carbonyl (C=O) groups is 2. The van der Waals surface area contributed by atoms with Gasteiger partial charge in [0, 0.05) is 18.1 Å². The number of thiophene rings is 1. The number of amides is 1. The Morgan fingerprint density at radius 2 is 2.09 bits per heavy atom. The van der Waals surface area contributed by atoms with Crippen LogP contribution in [0, 0.1) is 6.92 Å². The fraction of sp³-hybridized carbons (Fsp3) is 0.200. The lowest BCUT2D eigenvalue weighted by molar-refractivity contribution is -0.116. The van der Waals surface area contributed by atoms with Gasteiger partial charge in [0.1, 0.15) is 28.8 Å². The number of aromatic carboxylic acids is 1. The van der Waals surface area contributed by atoms with Crippen molar-refractivity contribution in [2.45, 2.75) is 20.1 Å². The first-order valence-electron chi connectivity index (χ1n) is 9.31. The van der Waals surface area contributed by atoms with E-state index in [0.29, 0.717) is 15.4 Å². The Hall–Kier alpha value is -3.48. The molecule has 0 atom stereocenters. The monoisotopic (exact) mass is 471 g/mol. The highest BCUT2D eigenvalue weighted by molar-refractivity contribution is 7.17. The lowest BCUT2D eigenvalue weighted by Crippen LogP contribution is -2.30. The normalized spacial score (nSPS) is 11.1. The largest absolute Gasteiger partial charge is 0.478 e. The van der Waals surface area contributed by atoms with Gasteiger partial charge in [-0.2, -0.15) is 0 Å². The summed E-state index contributed by atoms with van der Waals surface area (Å²) in [7, 11) is 1.53. The Morgan fingerprint density at radius 1 is 1.28 bits per heavy atom. The molecule has 1 amide bonds. The lowest BCUT2D eigenvalue weighted by Gasteiger charge is -2.13. The second kappa shape index (κ2) is 8.94. The zero-order valence-corrected chi connectivity index (χ0v) is 18.6. The summed E-state index contributed by atoms with van der Waals surface area (Å²) in [6.07, 6.45) is 0. The minimum Gasteiger partial charge on any atom is -0.478 e. The highest BCUT2D eigenvalue weighted by Crippen LogP contribution is 2.26. The molecule has 0 spiro atoms. The number of nitrogens with one attached hydrogen (secondary N) is 1. The Morgan fingerprint density at radius 3 is 2.81 bits per heavy atom. The van der Waals surface area contributed by atoms with E-state index in [1.165, 1.54) is 17.1 Å². The van der Waals surface area contributed by atoms with Crippen LogP contribution in [0.4, 0.5) is 5.13 Å². The quantitative estimate of drug-likeness (QED) is 0.420. The van der Waals surface area contributed by atoms with Crippen molar-refractivity contribution in [3.05, 3.63) is 56.1 Å². The van der Waals surface area contributed by atoms with Crippen LogP contribution in [0.3, 0.4) is 0 Å². The Bertz CT molecular complexity index is 1390. The maximum atomic E-state index is 13.3. The number of methoxy groups -OCH3 is 1. The Labute approximate surface area is 189 Å². The maximum absolute atomic E-state index is 13.3. The zero-order chi connectivity index (χ0) is 22.8. The third kappa shape index (κ3) is 4.28. The molecule has 0 aliphatic rings. The van der Waals surface area contributed by atoms with E-state index in [9.17, 15) is 19.5 Å². The van der Waals surface area contributed by atoms with Crippen LogP contribution in [0.1, 0.15) is 20.9 Å². The zero-order valence-electron chi connectivity index (χ0n) is 17.0. The number of aromatic nitrogens is 4.